The lowest BCUT2D eigenvalue weighted by Crippen LogP contribution is -2.26. The maximum atomic E-state index is 6.11. The van der Waals surface area contributed by atoms with Gasteiger partial charge in [0.15, 0.2) is 11.5 Å². The molecule has 0 amide bonds. The first-order valence-electron chi connectivity index (χ1n) is 8.72. The number of rotatable bonds is 11. The van der Waals surface area contributed by atoms with Crippen LogP contribution in [-0.2, 0) is 6.42 Å². The molecule has 0 bridgehead atoms. The summed E-state index contributed by atoms with van der Waals surface area (Å²) >= 11 is 0. The van der Waals surface area contributed by atoms with Crippen LogP contribution in [0.1, 0.15) is 58.9 Å². The molecule has 1 aromatic carbocycles. The van der Waals surface area contributed by atoms with E-state index in [9.17, 15) is 0 Å². The topological polar surface area (TPSA) is 44.5 Å². The second-order valence-electron chi connectivity index (χ2n) is 6.28. The Morgan fingerprint density at radius 3 is 2.23 bits per heavy atom. The van der Waals surface area contributed by atoms with Crippen molar-refractivity contribution in [2.75, 3.05) is 13.2 Å². The average molecular weight is 307 g/mol. The van der Waals surface area contributed by atoms with Crippen LogP contribution < -0.4 is 15.2 Å². The van der Waals surface area contributed by atoms with E-state index in [0.717, 1.165) is 56.8 Å². The quantitative estimate of drug-likeness (QED) is 0.651. The summed E-state index contributed by atoms with van der Waals surface area (Å²) < 4.78 is 11.6. The summed E-state index contributed by atoms with van der Waals surface area (Å²) in [6.45, 7) is 10.0. The highest BCUT2D eigenvalue weighted by Crippen LogP contribution is 2.29. The minimum absolute atomic E-state index is 0.294. The van der Waals surface area contributed by atoms with Crippen molar-refractivity contribution in [1.82, 2.24) is 0 Å². The Balaban J connectivity index is 2.63. The first kappa shape index (κ1) is 18.8. The SMILES string of the molecule is CCCOc1ccc(CCCC(N)C(C)C)cc1OCCC. The van der Waals surface area contributed by atoms with Crippen molar-refractivity contribution in [3.8, 4) is 11.5 Å². The summed E-state index contributed by atoms with van der Waals surface area (Å²) in [5, 5.41) is 0. The summed E-state index contributed by atoms with van der Waals surface area (Å²) in [6, 6.07) is 6.60. The molecule has 3 heteroatoms. The minimum atomic E-state index is 0.294. The Hall–Kier alpha value is -1.22. The molecule has 0 aliphatic heterocycles. The molecule has 2 N–H and O–H groups in total. The molecule has 126 valence electrons. The molecule has 0 fully saturated rings. The van der Waals surface area contributed by atoms with E-state index in [1.54, 1.807) is 0 Å². The highest BCUT2D eigenvalue weighted by molar-refractivity contribution is 5.43. The van der Waals surface area contributed by atoms with Gasteiger partial charge in [-0.2, -0.15) is 0 Å². The molecule has 0 saturated carbocycles. The molecule has 22 heavy (non-hydrogen) atoms. The Bertz CT molecular complexity index is 418. The van der Waals surface area contributed by atoms with Crippen molar-refractivity contribution in [2.24, 2.45) is 11.7 Å². The zero-order valence-corrected chi connectivity index (χ0v) is 14.7. The molecule has 0 aliphatic carbocycles. The summed E-state index contributed by atoms with van der Waals surface area (Å²) in [5.41, 5.74) is 7.41. The van der Waals surface area contributed by atoms with Crippen LogP contribution in [0.3, 0.4) is 0 Å². The van der Waals surface area contributed by atoms with Gasteiger partial charge in [-0.15, -0.1) is 0 Å². The van der Waals surface area contributed by atoms with Crippen LogP contribution in [0.4, 0.5) is 0 Å². The minimum Gasteiger partial charge on any atom is -0.490 e. The van der Waals surface area contributed by atoms with Crippen molar-refractivity contribution < 1.29 is 9.47 Å². The van der Waals surface area contributed by atoms with Crippen LogP contribution in [0, 0.1) is 5.92 Å². The third-order valence-corrected chi connectivity index (χ3v) is 3.79. The van der Waals surface area contributed by atoms with Crippen LogP contribution in [-0.4, -0.2) is 19.3 Å². The van der Waals surface area contributed by atoms with E-state index in [-0.39, 0.29) is 0 Å². The van der Waals surface area contributed by atoms with Gasteiger partial charge in [0.1, 0.15) is 0 Å². The van der Waals surface area contributed by atoms with E-state index in [1.807, 2.05) is 6.07 Å². The molecule has 3 nitrogen and oxygen atoms in total. The maximum absolute atomic E-state index is 6.11. The third kappa shape index (κ3) is 6.69. The average Bonchev–Trinajstić information content (AvgIpc) is 2.51. The van der Waals surface area contributed by atoms with Crippen molar-refractivity contribution in [3.05, 3.63) is 23.8 Å². The fourth-order valence-corrected chi connectivity index (χ4v) is 2.24. The zero-order valence-electron chi connectivity index (χ0n) is 14.7. The van der Waals surface area contributed by atoms with Gasteiger partial charge < -0.3 is 15.2 Å². The van der Waals surface area contributed by atoms with Gasteiger partial charge in [0.05, 0.1) is 13.2 Å². The van der Waals surface area contributed by atoms with Crippen molar-refractivity contribution >= 4 is 0 Å². The van der Waals surface area contributed by atoms with E-state index in [1.165, 1.54) is 5.56 Å². The zero-order chi connectivity index (χ0) is 16.4. The summed E-state index contributed by atoms with van der Waals surface area (Å²) in [6.07, 6.45) is 5.22. The largest absolute Gasteiger partial charge is 0.490 e. The molecule has 0 aromatic heterocycles. The highest BCUT2D eigenvalue weighted by Gasteiger charge is 2.09. The molecule has 1 aromatic rings. The standard InChI is InChI=1S/C19H33NO2/c1-5-12-21-18-11-10-16(14-19(18)22-13-6-2)8-7-9-17(20)15(3)4/h10-11,14-15,17H,5-9,12-13,20H2,1-4H3. The smallest absolute Gasteiger partial charge is 0.161 e. The lowest BCUT2D eigenvalue weighted by Gasteiger charge is -2.16. The summed E-state index contributed by atoms with van der Waals surface area (Å²) in [4.78, 5) is 0. The second-order valence-corrected chi connectivity index (χ2v) is 6.28. The Morgan fingerprint density at radius 2 is 1.64 bits per heavy atom. The summed E-state index contributed by atoms with van der Waals surface area (Å²) in [5.74, 6) is 2.28. The van der Waals surface area contributed by atoms with Crippen LogP contribution in [0.5, 0.6) is 11.5 Å². The predicted octanol–water partition coefficient (Wildman–Crippen LogP) is 4.57. The fourth-order valence-electron chi connectivity index (χ4n) is 2.24. The van der Waals surface area contributed by atoms with Gasteiger partial charge in [0.25, 0.3) is 0 Å². The second kappa shape index (κ2) is 10.5. The van der Waals surface area contributed by atoms with Gasteiger partial charge in [-0.1, -0.05) is 33.8 Å². The van der Waals surface area contributed by atoms with E-state index >= 15 is 0 Å². The van der Waals surface area contributed by atoms with Crippen LogP contribution in [0.2, 0.25) is 0 Å². The number of ether oxygens (including phenoxy) is 2. The van der Waals surface area contributed by atoms with Crippen LogP contribution in [0.25, 0.3) is 0 Å². The molecule has 0 spiro atoms. The molecule has 0 saturated heterocycles. The van der Waals surface area contributed by atoms with Crippen LogP contribution >= 0.6 is 0 Å². The van der Waals surface area contributed by atoms with Gasteiger partial charge in [-0.25, -0.2) is 0 Å². The summed E-state index contributed by atoms with van der Waals surface area (Å²) in [7, 11) is 0. The predicted molar refractivity (Wildman–Crippen MR) is 93.8 cm³/mol. The number of hydrogen-bond acceptors (Lipinski definition) is 3. The lowest BCUT2D eigenvalue weighted by atomic mass is 9.97. The van der Waals surface area contributed by atoms with Gasteiger partial charge in [0, 0.05) is 6.04 Å². The molecule has 0 aliphatic rings. The fraction of sp³-hybridized carbons (Fsp3) is 0.684. The Morgan fingerprint density at radius 1 is 1.00 bits per heavy atom. The van der Waals surface area contributed by atoms with E-state index in [2.05, 4.69) is 39.8 Å². The number of aryl methyl sites for hydroxylation is 1. The van der Waals surface area contributed by atoms with Crippen molar-refractivity contribution in [1.29, 1.82) is 0 Å². The Labute approximate surface area is 136 Å². The number of benzene rings is 1. The highest BCUT2D eigenvalue weighted by atomic mass is 16.5. The van der Waals surface area contributed by atoms with Crippen molar-refractivity contribution in [3.63, 3.8) is 0 Å². The van der Waals surface area contributed by atoms with Gasteiger partial charge >= 0.3 is 0 Å². The normalized spacial score (nSPS) is 12.5. The molecule has 0 heterocycles. The Kier molecular flexibility index (Phi) is 8.98. The van der Waals surface area contributed by atoms with Gasteiger partial charge in [0.2, 0.25) is 0 Å². The molecule has 1 atom stereocenters. The molecule has 1 rings (SSSR count). The van der Waals surface area contributed by atoms with Crippen LogP contribution in [0.15, 0.2) is 18.2 Å². The maximum Gasteiger partial charge on any atom is 0.161 e. The number of hydrogen-bond donors (Lipinski definition) is 1. The lowest BCUT2D eigenvalue weighted by molar-refractivity contribution is 0.268. The first-order chi connectivity index (χ1) is 10.6. The van der Waals surface area contributed by atoms with E-state index in [0.29, 0.717) is 12.0 Å². The molecule has 0 radical (unpaired) electrons. The monoisotopic (exact) mass is 307 g/mol. The molecular weight excluding hydrogens is 274 g/mol. The van der Waals surface area contributed by atoms with Crippen molar-refractivity contribution in [2.45, 2.75) is 65.8 Å². The number of nitrogens with two attached hydrogens (primary N) is 1. The molecular formula is C19H33NO2. The third-order valence-electron chi connectivity index (χ3n) is 3.79. The van der Waals surface area contributed by atoms with Gasteiger partial charge in [-0.3, -0.25) is 0 Å². The molecule has 1 unspecified atom stereocenters. The van der Waals surface area contributed by atoms with E-state index in [4.69, 9.17) is 15.2 Å². The van der Waals surface area contributed by atoms with Gasteiger partial charge in [-0.05, 0) is 55.7 Å². The van der Waals surface area contributed by atoms with E-state index < -0.39 is 0 Å². The first-order valence-corrected chi connectivity index (χ1v) is 8.72.